The lowest BCUT2D eigenvalue weighted by molar-refractivity contribution is -0.930. The molecule has 0 spiro atoms. The number of fused-ring (bicyclic) bond motifs is 1. The molecule has 2 aromatic carbocycles. The highest BCUT2D eigenvalue weighted by atomic mass is 16.1. The van der Waals surface area contributed by atoms with Gasteiger partial charge < -0.3 is 14.8 Å². The molecule has 27 heavy (non-hydrogen) atoms. The number of hydrogen-bond acceptors (Lipinski definition) is 1. The van der Waals surface area contributed by atoms with Crippen molar-refractivity contribution >= 4 is 16.8 Å². The second-order valence-corrected chi connectivity index (χ2v) is 7.96. The summed E-state index contributed by atoms with van der Waals surface area (Å²) in [4.78, 5) is 15.6. The predicted octanol–water partition coefficient (Wildman–Crippen LogP) is 4.33. The molecule has 1 unspecified atom stereocenters. The first-order chi connectivity index (χ1) is 13.1. The molecule has 4 nitrogen and oxygen atoms in total. The maximum Gasteiger partial charge on any atom is 0.217 e. The zero-order valence-corrected chi connectivity index (χ0v) is 16.1. The van der Waals surface area contributed by atoms with Crippen molar-refractivity contribution in [3.8, 4) is 0 Å². The van der Waals surface area contributed by atoms with Crippen LogP contribution < -0.4 is 5.32 Å². The van der Waals surface area contributed by atoms with Crippen molar-refractivity contribution in [3.63, 3.8) is 0 Å². The highest BCUT2D eigenvalue weighted by Crippen LogP contribution is 2.43. The Labute approximate surface area is 160 Å². The van der Waals surface area contributed by atoms with Crippen LogP contribution in [0.5, 0.6) is 0 Å². The Kier molecular flexibility index (Phi) is 4.75. The van der Waals surface area contributed by atoms with Crippen molar-refractivity contribution in [1.82, 2.24) is 10.3 Å². The van der Waals surface area contributed by atoms with Crippen LogP contribution in [0.1, 0.15) is 43.0 Å². The van der Waals surface area contributed by atoms with Gasteiger partial charge in [-0.15, -0.1) is 0 Å². The summed E-state index contributed by atoms with van der Waals surface area (Å²) in [6.45, 7) is 3.88. The molecule has 2 heterocycles. The van der Waals surface area contributed by atoms with Crippen LogP contribution in [0.2, 0.25) is 0 Å². The van der Waals surface area contributed by atoms with E-state index >= 15 is 0 Å². The van der Waals surface area contributed by atoms with Gasteiger partial charge in [-0.05, 0) is 11.6 Å². The molecule has 1 fully saturated rings. The number of amides is 1. The van der Waals surface area contributed by atoms with Gasteiger partial charge in [0.1, 0.15) is 12.1 Å². The molecular formula is C23H28N3O+. The van der Waals surface area contributed by atoms with Crippen LogP contribution in [0.15, 0.2) is 60.8 Å². The fourth-order valence-corrected chi connectivity index (χ4v) is 4.77. The maximum atomic E-state index is 12.2. The average molecular weight is 362 g/mol. The summed E-state index contributed by atoms with van der Waals surface area (Å²) in [6.07, 6.45) is 4.61. The number of rotatable bonds is 5. The number of nitrogens with one attached hydrogen (secondary N) is 2. The van der Waals surface area contributed by atoms with Gasteiger partial charge in [0, 0.05) is 42.4 Å². The second kappa shape index (κ2) is 7.20. The van der Waals surface area contributed by atoms with E-state index < -0.39 is 0 Å². The van der Waals surface area contributed by atoms with Gasteiger partial charge in [-0.3, -0.25) is 4.79 Å². The number of aromatic nitrogens is 1. The standard InChI is InChI=1S/C23H27N3O/c1-17(27)25-22(18-10-4-3-5-11-18)23(26(2)14-8-9-15-26)20-16-24-21-13-7-6-12-19(20)21/h3-7,10-13,16,22-24H,8-9,14-15H2,1-2H3/p+1/t22-,23?/m0/s1. The molecule has 0 aliphatic carbocycles. The van der Waals surface area contributed by atoms with E-state index in [0.29, 0.717) is 0 Å². The Morgan fingerprint density at radius 3 is 2.41 bits per heavy atom. The number of nitrogens with zero attached hydrogens (tertiary/aromatic N) is 1. The van der Waals surface area contributed by atoms with Crippen LogP contribution >= 0.6 is 0 Å². The van der Waals surface area contributed by atoms with Crippen molar-refractivity contribution in [2.24, 2.45) is 0 Å². The van der Waals surface area contributed by atoms with Crippen LogP contribution in [0.25, 0.3) is 10.9 Å². The molecule has 4 rings (SSSR count). The minimum absolute atomic E-state index is 0.0134. The van der Waals surface area contributed by atoms with Gasteiger partial charge in [0.05, 0.1) is 20.1 Å². The molecule has 140 valence electrons. The highest BCUT2D eigenvalue weighted by Gasteiger charge is 2.44. The number of hydrogen-bond donors (Lipinski definition) is 2. The van der Waals surface area contributed by atoms with Crippen molar-refractivity contribution in [2.75, 3.05) is 20.1 Å². The SMILES string of the molecule is CC(=O)N[C@@H](c1ccccc1)C(c1c[nH]c2ccccc12)[N+]1(C)CCCC1. The Balaban J connectivity index is 1.89. The largest absolute Gasteiger partial charge is 0.361 e. The number of aromatic amines is 1. The van der Waals surface area contributed by atoms with E-state index in [1.165, 1.54) is 23.8 Å². The number of carbonyl (C=O) groups is 1. The van der Waals surface area contributed by atoms with Crippen LogP contribution in [0.4, 0.5) is 0 Å². The zero-order valence-electron chi connectivity index (χ0n) is 16.1. The quantitative estimate of drug-likeness (QED) is 0.652. The Bertz CT molecular complexity index is 925. The summed E-state index contributed by atoms with van der Waals surface area (Å²) in [7, 11) is 2.34. The van der Waals surface area contributed by atoms with E-state index in [0.717, 1.165) is 28.7 Å². The fraction of sp³-hybridized carbons (Fsp3) is 0.348. The van der Waals surface area contributed by atoms with Gasteiger partial charge >= 0.3 is 0 Å². The number of likely N-dealkylation sites (N-methyl/N-ethyl adjacent to an activating group) is 1. The predicted molar refractivity (Wildman–Crippen MR) is 109 cm³/mol. The number of H-pyrrole nitrogens is 1. The van der Waals surface area contributed by atoms with Crippen molar-refractivity contribution in [3.05, 3.63) is 71.9 Å². The minimum atomic E-state index is -0.0639. The van der Waals surface area contributed by atoms with Gasteiger partial charge in [-0.2, -0.15) is 0 Å². The van der Waals surface area contributed by atoms with E-state index in [-0.39, 0.29) is 18.0 Å². The first-order valence-electron chi connectivity index (χ1n) is 9.81. The monoisotopic (exact) mass is 362 g/mol. The second-order valence-electron chi connectivity index (χ2n) is 7.96. The third-order valence-electron chi connectivity index (χ3n) is 6.03. The number of para-hydroxylation sites is 1. The average Bonchev–Trinajstić information content (AvgIpc) is 3.29. The van der Waals surface area contributed by atoms with Gasteiger partial charge in [-0.1, -0.05) is 48.5 Å². The molecule has 1 amide bonds. The van der Waals surface area contributed by atoms with E-state index in [1.54, 1.807) is 6.92 Å². The van der Waals surface area contributed by atoms with Crippen molar-refractivity contribution in [1.29, 1.82) is 0 Å². The highest BCUT2D eigenvalue weighted by molar-refractivity contribution is 5.83. The summed E-state index contributed by atoms with van der Waals surface area (Å²) >= 11 is 0. The van der Waals surface area contributed by atoms with Gasteiger partial charge in [0.15, 0.2) is 0 Å². The normalized spacial score (nSPS) is 18.3. The maximum absolute atomic E-state index is 12.2. The van der Waals surface area contributed by atoms with Crippen molar-refractivity contribution < 1.29 is 9.28 Å². The van der Waals surface area contributed by atoms with Gasteiger partial charge in [0.25, 0.3) is 0 Å². The molecule has 3 aromatic rings. The summed E-state index contributed by atoms with van der Waals surface area (Å²) < 4.78 is 0.946. The molecule has 1 aliphatic heterocycles. The third-order valence-corrected chi connectivity index (χ3v) is 6.03. The lowest BCUT2D eigenvalue weighted by Gasteiger charge is -2.42. The van der Waals surface area contributed by atoms with Crippen LogP contribution in [0, 0.1) is 0 Å². The first-order valence-corrected chi connectivity index (χ1v) is 9.81. The Morgan fingerprint density at radius 2 is 1.70 bits per heavy atom. The summed E-state index contributed by atoms with van der Waals surface area (Å²) in [6, 6.07) is 19.0. The smallest absolute Gasteiger partial charge is 0.217 e. The summed E-state index contributed by atoms with van der Waals surface area (Å²) in [5.41, 5.74) is 3.60. The van der Waals surface area contributed by atoms with Crippen LogP contribution in [-0.4, -0.2) is 35.5 Å². The molecule has 1 aliphatic rings. The molecule has 0 bridgehead atoms. The molecule has 0 saturated carbocycles. The van der Waals surface area contributed by atoms with Gasteiger partial charge in [-0.25, -0.2) is 0 Å². The van der Waals surface area contributed by atoms with E-state index in [2.05, 4.69) is 72.1 Å². The lowest BCUT2D eigenvalue weighted by atomic mass is 9.90. The van der Waals surface area contributed by atoms with E-state index in [1.807, 2.05) is 6.07 Å². The van der Waals surface area contributed by atoms with Gasteiger partial charge in [0.2, 0.25) is 5.91 Å². The van der Waals surface area contributed by atoms with Crippen LogP contribution in [0.3, 0.4) is 0 Å². The lowest BCUT2D eigenvalue weighted by Crippen LogP contribution is -2.50. The Morgan fingerprint density at radius 1 is 1.04 bits per heavy atom. The molecule has 2 atom stereocenters. The Hall–Kier alpha value is -2.59. The van der Waals surface area contributed by atoms with E-state index in [9.17, 15) is 4.79 Å². The van der Waals surface area contributed by atoms with Crippen molar-refractivity contribution in [2.45, 2.75) is 31.8 Å². The molecular weight excluding hydrogens is 334 g/mol. The number of likely N-dealkylation sites (tertiary alicyclic amines) is 1. The molecule has 1 aromatic heterocycles. The minimum Gasteiger partial charge on any atom is -0.361 e. The zero-order chi connectivity index (χ0) is 18.9. The molecule has 0 radical (unpaired) electrons. The molecule has 1 saturated heterocycles. The number of benzene rings is 2. The number of quaternary nitrogens is 1. The third kappa shape index (κ3) is 3.37. The molecule has 2 N–H and O–H groups in total. The topological polar surface area (TPSA) is 44.9 Å². The molecule has 4 heteroatoms. The summed E-state index contributed by atoms with van der Waals surface area (Å²) in [5.74, 6) is 0.0134. The van der Waals surface area contributed by atoms with E-state index in [4.69, 9.17) is 0 Å². The first kappa shape index (κ1) is 17.8. The summed E-state index contributed by atoms with van der Waals surface area (Å²) in [5, 5.41) is 4.53. The van der Waals surface area contributed by atoms with Crippen LogP contribution in [-0.2, 0) is 4.79 Å². The fourth-order valence-electron chi connectivity index (χ4n) is 4.77. The number of carbonyl (C=O) groups excluding carboxylic acids is 1.